The van der Waals surface area contributed by atoms with Crippen LogP contribution in [0.2, 0.25) is 4.34 Å². The maximum absolute atomic E-state index is 5.88. The van der Waals surface area contributed by atoms with Crippen molar-refractivity contribution in [2.24, 2.45) is 5.92 Å². The third-order valence-corrected chi connectivity index (χ3v) is 4.30. The van der Waals surface area contributed by atoms with Crippen LogP contribution >= 0.6 is 22.9 Å². The quantitative estimate of drug-likeness (QED) is 0.794. The number of thiophene rings is 1. The van der Waals surface area contributed by atoms with Crippen LogP contribution in [0.25, 0.3) is 0 Å². The second-order valence-corrected chi connectivity index (χ2v) is 6.17. The molecule has 0 spiro atoms. The smallest absolute Gasteiger partial charge is 0.0931 e. The van der Waals surface area contributed by atoms with E-state index < -0.39 is 0 Å². The van der Waals surface area contributed by atoms with Crippen LogP contribution in [0.5, 0.6) is 0 Å². The summed E-state index contributed by atoms with van der Waals surface area (Å²) in [5.41, 5.74) is 0. The SMILES string of the molecule is Clc1ccc(CCNCC2CCCNC2)s1. The van der Waals surface area contributed by atoms with Gasteiger partial charge in [0.2, 0.25) is 0 Å². The molecule has 0 bridgehead atoms. The molecule has 0 saturated carbocycles. The summed E-state index contributed by atoms with van der Waals surface area (Å²) in [5.74, 6) is 0.820. The van der Waals surface area contributed by atoms with Crippen LogP contribution in [-0.4, -0.2) is 26.2 Å². The average Bonchev–Trinajstić information content (AvgIpc) is 2.72. The summed E-state index contributed by atoms with van der Waals surface area (Å²) in [5, 5.41) is 6.98. The van der Waals surface area contributed by atoms with Crippen molar-refractivity contribution in [3.8, 4) is 0 Å². The number of piperidine rings is 1. The van der Waals surface area contributed by atoms with E-state index in [1.807, 2.05) is 6.07 Å². The Morgan fingerprint density at radius 1 is 1.50 bits per heavy atom. The average molecular weight is 259 g/mol. The number of rotatable bonds is 5. The zero-order chi connectivity index (χ0) is 11.2. The van der Waals surface area contributed by atoms with Gasteiger partial charge in [0.15, 0.2) is 0 Å². The van der Waals surface area contributed by atoms with Gasteiger partial charge in [-0.1, -0.05) is 11.6 Å². The Bertz CT molecular complexity index is 308. The molecule has 0 aliphatic carbocycles. The van der Waals surface area contributed by atoms with Gasteiger partial charge >= 0.3 is 0 Å². The zero-order valence-corrected chi connectivity index (χ0v) is 11.0. The fraction of sp³-hybridized carbons (Fsp3) is 0.667. The summed E-state index contributed by atoms with van der Waals surface area (Å²) in [6.45, 7) is 4.58. The topological polar surface area (TPSA) is 24.1 Å². The lowest BCUT2D eigenvalue weighted by molar-refractivity contribution is 0.361. The third kappa shape index (κ3) is 4.06. The second kappa shape index (κ2) is 6.60. The van der Waals surface area contributed by atoms with E-state index in [9.17, 15) is 0 Å². The highest BCUT2D eigenvalue weighted by Crippen LogP contribution is 2.21. The summed E-state index contributed by atoms with van der Waals surface area (Å²) >= 11 is 7.57. The molecule has 2 nitrogen and oxygen atoms in total. The fourth-order valence-electron chi connectivity index (χ4n) is 2.10. The number of halogens is 1. The van der Waals surface area contributed by atoms with Crippen LogP contribution in [0.3, 0.4) is 0 Å². The minimum absolute atomic E-state index is 0.820. The van der Waals surface area contributed by atoms with Gasteiger partial charge in [0, 0.05) is 4.88 Å². The van der Waals surface area contributed by atoms with Gasteiger partial charge in [-0.15, -0.1) is 11.3 Å². The van der Waals surface area contributed by atoms with Crippen LogP contribution in [0.4, 0.5) is 0 Å². The number of hydrogen-bond acceptors (Lipinski definition) is 3. The van der Waals surface area contributed by atoms with Gasteiger partial charge in [-0.2, -0.15) is 0 Å². The predicted molar refractivity (Wildman–Crippen MR) is 71.5 cm³/mol. The van der Waals surface area contributed by atoms with Crippen LogP contribution in [0.15, 0.2) is 12.1 Å². The first-order valence-electron chi connectivity index (χ1n) is 6.00. The van der Waals surface area contributed by atoms with Crippen molar-refractivity contribution in [3.63, 3.8) is 0 Å². The molecule has 16 heavy (non-hydrogen) atoms. The van der Waals surface area contributed by atoms with Crippen molar-refractivity contribution in [1.29, 1.82) is 0 Å². The molecule has 4 heteroatoms. The maximum atomic E-state index is 5.88. The maximum Gasteiger partial charge on any atom is 0.0931 e. The highest BCUT2D eigenvalue weighted by Gasteiger charge is 2.11. The molecule has 1 aromatic rings. The van der Waals surface area contributed by atoms with Gasteiger partial charge in [-0.25, -0.2) is 0 Å². The van der Waals surface area contributed by atoms with Gasteiger partial charge in [0.05, 0.1) is 4.34 Å². The molecule has 0 aromatic carbocycles. The van der Waals surface area contributed by atoms with E-state index in [4.69, 9.17) is 11.6 Å². The largest absolute Gasteiger partial charge is 0.316 e. The Labute approximate surface area is 106 Å². The normalized spacial score (nSPS) is 21.2. The molecule has 1 fully saturated rings. The van der Waals surface area contributed by atoms with Crippen molar-refractivity contribution in [2.45, 2.75) is 19.3 Å². The Morgan fingerprint density at radius 3 is 3.12 bits per heavy atom. The second-order valence-electron chi connectivity index (χ2n) is 4.37. The van der Waals surface area contributed by atoms with Crippen LogP contribution < -0.4 is 10.6 Å². The molecule has 2 heterocycles. The van der Waals surface area contributed by atoms with E-state index in [-0.39, 0.29) is 0 Å². The molecule has 1 atom stereocenters. The minimum atomic E-state index is 0.820. The van der Waals surface area contributed by atoms with Crippen LogP contribution in [0, 0.1) is 5.92 Å². The van der Waals surface area contributed by atoms with Crippen molar-refractivity contribution in [3.05, 3.63) is 21.3 Å². The molecule has 0 amide bonds. The summed E-state index contributed by atoms with van der Waals surface area (Å²) in [7, 11) is 0. The molecule has 1 unspecified atom stereocenters. The minimum Gasteiger partial charge on any atom is -0.316 e. The summed E-state index contributed by atoms with van der Waals surface area (Å²) < 4.78 is 0.895. The zero-order valence-electron chi connectivity index (χ0n) is 9.47. The van der Waals surface area contributed by atoms with E-state index in [0.29, 0.717) is 0 Å². The summed E-state index contributed by atoms with van der Waals surface area (Å²) in [4.78, 5) is 1.37. The molecule has 1 saturated heterocycles. The Morgan fingerprint density at radius 2 is 2.44 bits per heavy atom. The van der Waals surface area contributed by atoms with E-state index >= 15 is 0 Å². The molecule has 90 valence electrons. The first-order chi connectivity index (χ1) is 7.84. The fourth-order valence-corrected chi connectivity index (χ4v) is 3.19. The van der Waals surface area contributed by atoms with Crippen LogP contribution in [-0.2, 0) is 6.42 Å². The van der Waals surface area contributed by atoms with Crippen LogP contribution in [0.1, 0.15) is 17.7 Å². The van der Waals surface area contributed by atoms with Gasteiger partial charge in [-0.3, -0.25) is 0 Å². The van der Waals surface area contributed by atoms with Gasteiger partial charge < -0.3 is 10.6 Å². The molecule has 0 radical (unpaired) electrons. The lowest BCUT2D eigenvalue weighted by atomic mass is 10.00. The highest BCUT2D eigenvalue weighted by molar-refractivity contribution is 7.16. The standard InChI is InChI=1S/C12H19ClN2S/c13-12-4-3-11(16-12)5-7-15-9-10-2-1-6-14-8-10/h3-4,10,14-15H,1-2,5-9H2. The van der Waals surface area contributed by atoms with E-state index in [2.05, 4.69) is 16.7 Å². The van der Waals surface area contributed by atoms with Crippen molar-refractivity contribution in [1.82, 2.24) is 10.6 Å². The molecular weight excluding hydrogens is 240 g/mol. The first-order valence-corrected chi connectivity index (χ1v) is 7.19. The Kier molecular flexibility index (Phi) is 5.10. The lowest BCUT2D eigenvalue weighted by Gasteiger charge is -2.22. The van der Waals surface area contributed by atoms with Crippen molar-refractivity contribution >= 4 is 22.9 Å². The van der Waals surface area contributed by atoms with Crippen molar-refractivity contribution < 1.29 is 0 Å². The van der Waals surface area contributed by atoms with E-state index in [1.54, 1.807) is 11.3 Å². The molecule has 1 aromatic heterocycles. The monoisotopic (exact) mass is 258 g/mol. The van der Waals surface area contributed by atoms with Gasteiger partial charge in [0.25, 0.3) is 0 Å². The molecular formula is C12H19ClN2S. The molecule has 1 aliphatic rings. The Hall–Kier alpha value is -0.0900. The molecule has 1 aliphatic heterocycles. The summed E-state index contributed by atoms with van der Waals surface area (Å²) in [6, 6.07) is 4.10. The van der Waals surface area contributed by atoms with E-state index in [0.717, 1.165) is 29.8 Å². The third-order valence-electron chi connectivity index (χ3n) is 3.01. The first kappa shape index (κ1) is 12.4. The summed E-state index contributed by atoms with van der Waals surface area (Å²) in [6.07, 6.45) is 3.79. The van der Waals surface area contributed by atoms with E-state index in [1.165, 1.54) is 30.8 Å². The van der Waals surface area contributed by atoms with Gasteiger partial charge in [-0.05, 0) is 63.5 Å². The Balaban J connectivity index is 1.57. The highest BCUT2D eigenvalue weighted by atomic mass is 35.5. The number of nitrogens with one attached hydrogen (secondary N) is 2. The molecule has 2 rings (SSSR count). The lowest BCUT2D eigenvalue weighted by Crippen LogP contribution is -2.36. The number of hydrogen-bond donors (Lipinski definition) is 2. The van der Waals surface area contributed by atoms with Crippen molar-refractivity contribution in [2.75, 3.05) is 26.2 Å². The molecule has 2 N–H and O–H groups in total. The van der Waals surface area contributed by atoms with Gasteiger partial charge in [0.1, 0.15) is 0 Å². The predicted octanol–water partition coefficient (Wildman–Crippen LogP) is 2.53.